The molecule has 1 amide bonds. The summed E-state index contributed by atoms with van der Waals surface area (Å²) in [5.41, 5.74) is 6.73. The minimum atomic E-state index is -0.166. The van der Waals surface area contributed by atoms with Crippen molar-refractivity contribution < 1.29 is 4.79 Å². The van der Waals surface area contributed by atoms with E-state index in [2.05, 4.69) is 24.8 Å². The van der Waals surface area contributed by atoms with Crippen LogP contribution in [0.25, 0.3) is 0 Å². The van der Waals surface area contributed by atoms with Gasteiger partial charge in [-0.15, -0.1) is 0 Å². The van der Waals surface area contributed by atoms with Gasteiger partial charge >= 0.3 is 0 Å². The molecule has 0 spiro atoms. The average molecular weight is 295 g/mol. The lowest BCUT2D eigenvalue weighted by molar-refractivity contribution is -0.129. The van der Waals surface area contributed by atoms with Crippen LogP contribution in [0.15, 0.2) is 24.3 Å². The summed E-state index contributed by atoms with van der Waals surface area (Å²) in [6.07, 6.45) is 1.97. The quantitative estimate of drug-likeness (QED) is 0.875. The van der Waals surface area contributed by atoms with Gasteiger partial charge in [-0.3, -0.25) is 9.69 Å². The van der Waals surface area contributed by atoms with Gasteiger partial charge in [0.05, 0.1) is 0 Å². The highest BCUT2D eigenvalue weighted by molar-refractivity contribution is 6.30. The molecule has 3 unspecified atom stereocenters. The van der Waals surface area contributed by atoms with Crippen LogP contribution in [0.2, 0.25) is 5.02 Å². The zero-order valence-corrected chi connectivity index (χ0v) is 12.9. The fourth-order valence-electron chi connectivity index (χ4n) is 3.29. The van der Waals surface area contributed by atoms with Crippen molar-refractivity contribution in [3.63, 3.8) is 0 Å². The fraction of sp³-hybridized carbons (Fsp3) is 0.562. The topological polar surface area (TPSA) is 46.3 Å². The van der Waals surface area contributed by atoms with Crippen LogP contribution in [0.5, 0.6) is 0 Å². The van der Waals surface area contributed by atoms with E-state index in [4.69, 9.17) is 17.3 Å². The number of nitrogens with zero attached hydrogens (tertiary/aromatic N) is 1. The maximum Gasteiger partial charge on any atom is 0.220 e. The fourth-order valence-corrected chi connectivity index (χ4v) is 3.49. The van der Waals surface area contributed by atoms with Crippen LogP contribution in [0.1, 0.15) is 38.3 Å². The minimum absolute atomic E-state index is 0.000387. The Bertz CT molecular complexity index is 473. The number of rotatable bonds is 6. The normalized spacial score (nSPS) is 23.4. The molecule has 1 aliphatic rings. The molecule has 0 bridgehead atoms. The van der Waals surface area contributed by atoms with E-state index in [0.29, 0.717) is 5.92 Å². The molecule has 0 aromatic heterocycles. The molecule has 2 rings (SSSR count). The van der Waals surface area contributed by atoms with Crippen molar-refractivity contribution in [2.24, 2.45) is 17.6 Å². The minimum Gasteiger partial charge on any atom is -0.369 e. The van der Waals surface area contributed by atoms with Crippen molar-refractivity contribution in [2.75, 3.05) is 13.1 Å². The predicted molar refractivity (Wildman–Crippen MR) is 82.5 cm³/mol. The summed E-state index contributed by atoms with van der Waals surface area (Å²) in [4.78, 5) is 14.0. The number of nitrogens with two attached hydrogens (primary N) is 1. The van der Waals surface area contributed by atoms with Gasteiger partial charge in [0.25, 0.3) is 0 Å². The maximum absolute atomic E-state index is 11.6. The Morgan fingerprint density at radius 2 is 2.10 bits per heavy atom. The SMILES string of the molecule is CCN(CC)C(c1cccc(Cl)c1)C1CCC1C(N)=O. The first kappa shape index (κ1) is 15.3. The van der Waals surface area contributed by atoms with Crippen LogP contribution in [0.4, 0.5) is 0 Å². The number of hydrogen-bond acceptors (Lipinski definition) is 2. The van der Waals surface area contributed by atoms with Gasteiger partial charge in [-0.25, -0.2) is 0 Å². The Hall–Kier alpha value is -1.06. The van der Waals surface area contributed by atoms with Crippen LogP contribution in [0.3, 0.4) is 0 Å². The summed E-state index contributed by atoms with van der Waals surface area (Å²) in [5.74, 6) is 0.144. The molecule has 0 aliphatic heterocycles. The zero-order chi connectivity index (χ0) is 14.7. The van der Waals surface area contributed by atoms with Gasteiger partial charge in [-0.05, 0) is 49.5 Å². The summed E-state index contributed by atoms with van der Waals surface area (Å²) in [5, 5.41) is 0.745. The molecule has 1 saturated carbocycles. The number of carbonyl (C=O) groups excluding carboxylic acids is 1. The number of amides is 1. The van der Waals surface area contributed by atoms with Gasteiger partial charge in [0.15, 0.2) is 0 Å². The number of halogens is 1. The Labute approximate surface area is 126 Å². The molecule has 1 fully saturated rings. The molecule has 4 heteroatoms. The third-order valence-corrected chi connectivity index (χ3v) is 4.73. The predicted octanol–water partition coefficient (Wildman–Crippen LogP) is 3.23. The second kappa shape index (κ2) is 6.59. The van der Waals surface area contributed by atoms with Gasteiger partial charge in [-0.2, -0.15) is 0 Å². The highest BCUT2D eigenvalue weighted by Gasteiger charge is 2.42. The Balaban J connectivity index is 2.32. The molecule has 1 aromatic rings. The van der Waals surface area contributed by atoms with Gasteiger partial charge in [0.1, 0.15) is 0 Å². The largest absolute Gasteiger partial charge is 0.369 e. The van der Waals surface area contributed by atoms with Crippen molar-refractivity contribution in [3.8, 4) is 0 Å². The zero-order valence-electron chi connectivity index (χ0n) is 12.2. The van der Waals surface area contributed by atoms with Crippen molar-refractivity contribution in [3.05, 3.63) is 34.9 Å². The summed E-state index contributed by atoms with van der Waals surface area (Å²) >= 11 is 6.13. The number of carbonyl (C=O) groups is 1. The molecule has 2 N–H and O–H groups in total. The van der Waals surface area contributed by atoms with E-state index < -0.39 is 0 Å². The molecule has 1 aliphatic carbocycles. The molecule has 0 saturated heterocycles. The molecular weight excluding hydrogens is 272 g/mol. The van der Waals surface area contributed by atoms with Gasteiger partial charge < -0.3 is 5.73 Å². The van der Waals surface area contributed by atoms with Crippen LogP contribution in [0, 0.1) is 11.8 Å². The first-order valence-corrected chi connectivity index (χ1v) is 7.75. The highest BCUT2D eigenvalue weighted by atomic mass is 35.5. The van der Waals surface area contributed by atoms with Crippen LogP contribution < -0.4 is 5.73 Å². The molecule has 0 heterocycles. The summed E-state index contributed by atoms with van der Waals surface area (Å²) in [7, 11) is 0. The van der Waals surface area contributed by atoms with E-state index in [0.717, 1.165) is 31.0 Å². The van der Waals surface area contributed by atoms with E-state index in [1.807, 2.05) is 18.2 Å². The van der Waals surface area contributed by atoms with Gasteiger partial charge in [0.2, 0.25) is 5.91 Å². The molecule has 1 aromatic carbocycles. The second-order valence-electron chi connectivity index (χ2n) is 5.47. The Morgan fingerprint density at radius 1 is 1.40 bits per heavy atom. The summed E-state index contributed by atoms with van der Waals surface area (Å²) in [6, 6.07) is 8.21. The third-order valence-electron chi connectivity index (χ3n) is 4.49. The first-order valence-electron chi connectivity index (χ1n) is 7.37. The Kier molecular flexibility index (Phi) is 5.06. The number of primary amides is 1. The monoisotopic (exact) mass is 294 g/mol. The molecule has 110 valence electrons. The summed E-state index contributed by atoms with van der Waals surface area (Å²) < 4.78 is 0. The molecule has 20 heavy (non-hydrogen) atoms. The standard InChI is InChI=1S/C16H23ClN2O/c1-3-19(4-2)15(11-6-5-7-12(17)10-11)13-8-9-14(13)16(18)20/h5-7,10,13-15H,3-4,8-9H2,1-2H3,(H2,18,20). The van der Waals surface area contributed by atoms with E-state index in [9.17, 15) is 4.79 Å². The molecule has 0 radical (unpaired) electrons. The van der Waals surface area contributed by atoms with Crippen molar-refractivity contribution in [1.82, 2.24) is 4.90 Å². The van der Waals surface area contributed by atoms with E-state index in [1.54, 1.807) is 0 Å². The van der Waals surface area contributed by atoms with Gasteiger partial charge in [0, 0.05) is 17.0 Å². The molecular formula is C16H23ClN2O. The van der Waals surface area contributed by atoms with E-state index in [1.165, 1.54) is 5.56 Å². The lowest BCUT2D eigenvalue weighted by Crippen LogP contribution is -2.46. The molecule has 3 nitrogen and oxygen atoms in total. The molecule has 3 atom stereocenters. The van der Waals surface area contributed by atoms with Crippen molar-refractivity contribution >= 4 is 17.5 Å². The van der Waals surface area contributed by atoms with Crippen LogP contribution >= 0.6 is 11.6 Å². The lowest BCUT2D eigenvalue weighted by Gasteiger charge is -2.45. The number of hydrogen-bond donors (Lipinski definition) is 1. The second-order valence-corrected chi connectivity index (χ2v) is 5.91. The van der Waals surface area contributed by atoms with E-state index >= 15 is 0 Å². The smallest absolute Gasteiger partial charge is 0.220 e. The maximum atomic E-state index is 11.6. The van der Waals surface area contributed by atoms with Crippen LogP contribution in [-0.2, 0) is 4.79 Å². The highest BCUT2D eigenvalue weighted by Crippen LogP contribution is 2.45. The first-order chi connectivity index (χ1) is 9.58. The number of benzene rings is 1. The summed E-state index contributed by atoms with van der Waals surface area (Å²) in [6.45, 7) is 6.21. The van der Waals surface area contributed by atoms with Crippen molar-refractivity contribution in [2.45, 2.75) is 32.7 Å². The van der Waals surface area contributed by atoms with E-state index in [-0.39, 0.29) is 17.9 Å². The third kappa shape index (κ3) is 2.99. The lowest BCUT2D eigenvalue weighted by atomic mass is 9.67. The average Bonchev–Trinajstić information content (AvgIpc) is 2.36. The Morgan fingerprint density at radius 3 is 2.55 bits per heavy atom. The van der Waals surface area contributed by atoms with Gasteiger partial charge in [-0.1, -0.05) is 37.6 Å². The van der Waals surface area contributed by atoms with Crippen molar-refractivity contribution in [1.29, 1.82) is 0 Å². The van der Waals surface area contributed by atoms with Crippen LogP contribution in [-0.4, -0.2) is 23.9 Å².